The molecule has 1 aliphatic heterocycles. The van der Waals surface area contributed by atoms with Crippen molar-refractivity contribution in [3.8, 4) is 0 Å². The number of aliphatic hydroxyl groups is 1. The number of sulfonamides is 1. The molecule has 0 radical (unpaired) electrons. The molecule has 0 aliphatic carbocycles. The lowest BCUT2D eigenvalue weighted by Gasteiger charge is -2.22. The average molecular weight is 312 g/mol. The summed E-state index contributed by atoms with van der Waals surface area (Å²) in [5.74, 6) is 0.427. The maximum Gasteiger partial charge on any atom is 0.232 e. The molecule has 5 nitrogen and oxygen atoms in total. The van der Waals surface area contributed by atoms with Crippen LogP contribution in [0.4, 0.5) is 5.69 Å². The van der Waals surface area contributed by atoms with Gasteiger partial charge in [0.05, 0.1) is 5.75 Å². The molecule has 0 amide bonds. The SMILES string of the molecule is O=S(=O)(CC1CCNCC1)Nc1cccc(CCCO)c1. The van der Waals surface area contributed by atoms with Gasteiger partial charge in [0.1, 0.15) is 0 Å². The summed E-state index contributed by atoms with van der Waals surface area (Å²) in [6, 6.07) is 7.40. The van der Waals surface area contributed by atoms with E-state index in [1.54, 1.807) is 6.07 Å². The Labute approximate surface area is 126 Å². The topological polar surface area (TPSA) is 78.4 Å². The van der Waals surface area contributed by atoms with E-state index in [4.69, 9.17) is 5.11 Å². The first-order valence-corrected chi connectivity index (χ1v) is 9.15. The normalized spacial score (nSPS) is 16.8. The quantitative estimate of drug-likeness (QED) is 0.710. The third kappa shape index (κ3) is 5.65. The van der Waals surface area contributed by atoms with E-state index in [1.165, 1.54) is 0 Å². The van der Waals surface area contributed by atoms with Gasteiger partial charge in [-0.3, -0.25) is 4.72 Å². The Balaban J connectivity index is 1.95. The van der Waals surface area contributed by atoms with E-state index in [1.807, 2.05) is 18.2 Å². The van der Waals surface area contributed by atoms with Gasteiger partial charge in [0.2, 0.25) is 10.0 Å². The minimum Gasteiger partial charge on any atom is -0.396 e. The molecule has 0 atom stereocenters. The molecule has 21 heavy (non-hydrogen) atoms. The summed E-state index contributed by atoms with van der Waals surface area (Å²) in [5, 5.41) is 12.1. The van der Waals surface area contributed by atoms with Gasteiger partial charge < -0.3 is 10.4 Å². The van der Waals surface area contributed by atoms with Gasteiger partial charge in [0.25, 0.3) is 0 Å². The summed E-state index contributed by atoms with van der Waals surface area (Å²) in [7, 11) is -3.30. The number of anilines is 1. The minimum absolute atomic E-state index is 0.145. The molecule has 0 bridgehead atoms. The molecule has 1 fully saturated rings. The largest absolute Gasteiger partial charge is 0.396 e. The lowest BCUT2D eigenvalue weighted by molar-refractivity contribution is 0.288. The number of hydrogen-bond acceptors (Lipinski definition) is 4. The number of aliphatic hydroxyl groups excluding tert-OH is 1. The fourth-order valence-corrected chi connectivity index (χ4v) is 4.18. The third-order valence-electron chi connectivity index (χ3n) is 3.74. The van der Waals surface area contributed by atoms with Gasteiger partial charge in [0, 0.05) is 12.3 Å². The van der Waals surface area contributed by atoms with Gasteiger partial charge in [-0.25, -0.2) is 8.42 Å². The molecule has 3 N–H and O–H groups in total. The molecule has 0 unspecified atom stereocenters. The molecule has 0 saturated carbocycles. The number of aryl methyl sites for hydroxylation is 1. The van der Waals surface area contributed by atoms with E-state index in [9.17, 15) is 8.42 Å². The number of piperidine rings is 1. The Kier molecular flexibility index (Phi) is 6.02. The monoisotopic (exact) mass is 312 g/mol. The molecular formula is C15H24N2O3S. The van der Waals surface area contributed by atoms with E-state index >= 15 is 0 Å². The number of rotatable bonds is 7. The van der Waals surface area contributed by atoms with Crippen molar-refractivity contribution in [1.82, 2.24) is 5.32 Å². The Morgan fingerprint density at radius 3 is 2.76 bits per heavy atom. The van der Waals surface area contributed by atoms with Gasteiger partial charge in [0.15, 0.2) is 0 Å². The zero-order valence-corrected chi connectivity index (χ0v) is 13.0. The standard InChI is InChI=1S/C15H24N2O3S/c18-10-2-4-13-3-1-5-15(11-13)17-21(19,20)12-14-6-8-16-9-7-14/h1,3,5,11,14,16-18H,2,4,6-10,12H2. The first-order chi connectivity index (χ1) is 10.1. The van der Waals surface area contributed by atoms with Crippen LogP contribution in [0.2, 0.25) is 0 Å². The number of nitrogens with one attached hydrogen (secondary N) is 2. The summed E-state index contributed by atoms with van der Waals surface area (Å²) >= 11 is 0. The van der Waals surface area contributed by atoms with Crippen LogP contribution < -0.4 is 10.0 Å². The molecule has 1 aromatic rings. The zero-order chi connectivity index (χ0) is 15.1. The summed E-state index contributed by atoms with van der Waals surface area (Å²) in [4.78, 5) is 0. The minimum atomic E-state index is -3.30. The van der Waals surface area contributed by atoms with Crippen molar-refractivity contribution < 1.29 is 13.5 Å². The molecule has 6 heteroatoms. The highest BCUT2D eigenvalue weighted by Crippen LogP contribution is 2.18. The Bertz CT molecular complexity index is 540. The third-order valence-corrected chi connectivity index (χ3v) is 5.19. The molecular weight excluding hydrogens is 288 g/mol. The van der Waals surface area contributed by atoms with Crippen LogP contribution in [0, 0.1) is 5.92 Å². The predicted octanol–water partition coefficient (Wildman–Crippen LogP) is 1.35. The van der Waals surface area contributed by atoms with E-state index in [0.29, 0.717) is 12.1 Å². The van der Waals surface area contributed by atoms with E-state index in [-0.39, 0.29) is 18.3 Å². The Morgan fingerprint density at radius 2 is 2.05 bits per heavy atom. The Morgan fingerprint density at radius 1 is 1.29 bits per heavy atom. The van der Waals surface area contributed by atoms with Crippen molar-refractivity contribution in [2.24, 2.45) is 5.92 Å². The van der Waals surface area contributed by atoms with Gasteiger partial charge in [-0.2, -0.15) is 0 Å². The van der Waals surface area contributed by atoms with Crippen molar-refractivity contribution >= 4 is 15.7 Å². The van der Waals surface area contributed by atoms with Crippen molar-refractivity contribution in [3.63, 3.8) is 0 Å². The highest BCUT2D eigenvalue weighted by molar-refractivity contribution is 7.92. The first-order valence-electron chi connectivity index (χ1n) is 7.50. The van der Waals surface area contributed by atoms with Crippen LogP contribution in [-0.2, 0) is 16.4 Å². The average Bonchev–Trinajstić information content (AvgIpc) is 2.45. The summed E-state index contributed by atoms with van der Waals surface area (Å²) < 4.78 is 27.1. The van der Waals surface area contributed by atoms with Crippen molar-refractivity contribution in [2.45, 2.75) is 25.7 Å². The lowest BCUT2D eigenvalue weighted by Crippen LogP contribution is -2.33. The second-order valence-corrected chi connectivity index (χ2v) is 7.37. The fraction of sp³-hybridized carbons (Fsp3) is 0.600. The van der Waals surface area contributed by atoms with Crippen LogP contribution in [0.5, 0.6) is 0 Å². The molecule has 1 heterocycles. The van der Waals surface area contributed by atoms with Crippen molar-refractivity contribution in [2.75, 3.05) is 30.2 Å². The van der Waals surface area contributed by atoms with Crippen LogP contribution in [-0.4, -0.2) is 39.0 Å². The second kappa shape index (κ2) is 7.77. The summed E-state index contributed by atoms with van der Waals surface area (Å²) in [6.45, 7) is 1.94. The van der Waals surface area contributed by atoms with Gasteiger partial charge in [-0.05, 0) is 62.4 Å². The molecule has 0 aromatic heterocycles. The molecule has 2 rings (SSSR count). The van der Waals surface area contributed by atoms with Crippen LogP contribution in [0.25, 0.3) is 0 Å². The van der Waals surface area contributed by atoms with Gasteiger partial charge in [-0.15, -0.1) is 0 Å². The molecule has 118 valence electrons. The maximum atomic E-state index is 12.2. The van der Waals surface area contributed by atoms with Crippen LogP contribution in [0.1, 0.15) is 24.8 Å². The smallest absolute Gasteiger partial charge is 0.232 e. The van der Waals surface area contributed by atoms with Crippen molar-refractivity contribution in [1.29, 1.82) is 0 Å². The highest BCUT2D eigenvalue weighted by atomic mass is 32.2. The maximum absolute atomic E-state index is 12.2. The molecule has 1 aromatic carbocycles. The summed E-state index contributed by atoms with van der Waals surface area (Å²) in [5.41, 5.74) is 1.64. The van der Waals surface area contributed by atoms with Crippen LogP contribution >= 0.6 is 0 Å². The molecule has 0 spiro atoms. The van der Waals surface area contributed by atoms with Crippen LogP contribution in [0.15, 0.2) is 24.3 Å². The van der Waals surface area contributed by atoms with Crippen molar-refractivity contribution in [3.05, 3.63) is 29.8 Å². The molecule has 1 aliphatic rings. The van der Waals surface area contributed by atoms with E-state index < -0.39 is 10.0 Å². The van der Waals surface area contributed by atoms with Gasteiger partial charge >= 0.3 is 0 Å². The molecule has 1 saturated heterocycles. The van der Waals surface area contributed by atoms with E-state index in [2.05, 4.69) is 10.0 Å². The van der Waals surface area contributed by atoms with E-state index in [0.717, 1.165) is 37.9 Å². The summed E-state index contributed by atoms with van der Waals surface area (Å²) in [6.07, 6.45) is 3.26. The Hall–Kier alpha value is -1.11. The predicted molar refractivity (Wildman–Crippen MR) is 84.9 cm³/mol. The second-order valence-electron chi connectivity index (χ2n) is 5.60. The van der Waals surface area contributed by atoms with Crippen LogP contribution in [0.3, 0.4) is 0 Å². The number of benzene rings is 1. The zero-order valence-electron chi connectivity index (χ0n) is 12.2. The number of hydrogen-bond donors (Lipinski definition) is 3. The lowest BCUT2D eigenvalue weighted by atomic mass is 10.0. The van der Waals surface area contributed by atoms with Gasteiger partial charge in [-0.1, -0.05) is 12.1 Å². The first kappa shape index (κ1) is 16.3. The highest BCUT2D eigenvalue weighted by Gasteiger charge is 2.21. The fourth-order valence-electron chi connectivity index (χ4n) is 2.65.